The highest BCUT2D eigenvalue weighted by atomic mass is 32.1. The summed E-state index contributed by atoms with van der Waals surface area (Å²) in [6.45, 7) is 4.31. The highest BCUT2D eigenvalue weighted by molar-refractivity contribution is 7.05. The second-order valence-electron chi connectivity index (χ2n) is 4.29. The molecule has 0 radical (unpaired) electrons. The molecule has 0 aliphatic heterocycles. The number of nitrogens with two attached hydrogens (primary N) is 1. The Labute approximate surface area is 110 Å². The molecule has 0 fully saturated rings. The van der Waals surface area contributed by atoms with Gasteiger partial charge in [-0.05, 0) is 30.9 Å². The normalized spacial score (nSPS) is 14.6. The van der Waals surface area contributed by atoms with Crippen molar-refractivity contribution >= 4 is 11.5 Å². The zero-order chi connectivity index (χ0) is 13.0. The minimum Gasteiger partial charge on any atom is -0.271 e. The monoisotopic (exact) mass is 266 g/mol. The summed E-state index contributed by atoms with van der Waals surface area (Å²) in [6, 6.07) is 2.48. The van der Waals surface area contributed by atoms with E-state index in [9.17, 15) is 0 Å². The van der Waals surface area contributed by atoms with E-state index in [0.29, 0.717) is 6.04 Å². The fourth-order valence-corrected chi connectivity index (χ4v) is 2.26. The van der Waals surface area contributed by atoms with Crippen LogP contribution in [-0.2, 0) is 6.42 Å². The average Bonchev–Trinajstić information content (AvgIpc) is 3.05. The number of nitrogens with zero attached hydrogens (tertiary/aromatic N) is 4. The van der Waals surface area contributed by atoms with Crippen LogP contribution in [0.2, 0.25) is 0 Å². The molecule has 2 aromatic rings. The summed E-state index contributed by atoms with van der Waals surface area (Å²) in [6.07, 6.45) is 5.56. The molecule has 3 N–H and O–H groups in total. The van der Waals surface area contributed by atoms with E-state index in [4.69, 9.17) is 5.84 Å². The van der Waals surface area contributed by atoms with Gasteiger partial charge in [-0.15, -0.1) is 5.10 Å². The van der Waals surface area contributed by atoms with E-state index in [2.05, 4.69) is 34.0 Å². The lowest BCUT2D eigenvalue weighted by molar-refractivity contribution is 0.467. The molecule has 0 amide bonds. The lowest BCUT2D eigenvalue weighted by Crippen LogP contribution is -2.29. The Morgan fingerprint density at radius 3 is 3.00 bits per heavy atom. The summed E-state index contributed by atoms with van der Waals surface area (Å²) in [5.74, 6) is 5.57. The van der Waals surface area contributed by atoms with Crippen molar-refractivity contribution in [2.24, 2.45) is 5.84 Å². The Morgan fingerprint density at radius 1 is 1.56 bits per heavy atom. The largest absolute Gasteiger partial charge is 0.271 e. The van der Waals surface area contributed by atoms with Gasteiger partial charge in [0, 0.05) is 18.7 Å². The van der Waals surface area contributed by atoms with Gasteiger partial charge in [-0.2, -0.15) is 5.10 Å². The number of hydrazine groups is 1. The van der Waals surface area contributed by atoms with Crippen LogP contribution in [0.5, 0.6) is 0 Å². The topological polar surface area (TPSA) is 81.7 Å². The van der Waals surface area contributed by atoms with Crippen molar-refractivity contribution in [2.75, 3.05) is 0 Å². The van der Waals surface area contributed by atoms with Crippen LogP contribution in [0.1, 0.15) is 42.9 Å². The Kier molecular flexibility index (Phi) is 4.40. The highest BCUT2D eigenvalue weighted by Crippen LogP contribution is 2.19. The van der Waals surface area contributed by atoms with Crippen molar-refractivity contribution < 1.29 is 0 Å². The standard InChI is InChI=1S/C11H18N6S/c1-3-8(2)17-5-4-9(15-17)6-10(14-12)11-7-13-16-18-11/h4-5,7-8,10,14H,3,6,12H2,1-2H3. The van der Waals surface area contributed by atoms with Crippen LogP contribution in [0, 0.1) is 0 Å². The van der Waals surface area contributed by atoms with Crippen molar-refractivity contribution in [2.45, 2.75) is 38.8 Å². The third kappa shape index (κ3) is 2.92. The molecule has 98 valence electrons. The van der Waals surface area contributed by atoms with Gasteiger partial charge in [-0.1, -0.05) is 11.4 Å². The van der Waals surface area contributed by atoms with Crippen LogP contribution < -0.4 is 11.3 Å². The molecule has 2 rings (SSSR count). The summed E-state index contributed by atoms with van der Waals surface area (Å²) in [5.41, 5.74) is 3.81. The zero-order valence-electron chi connectivity index (χ0n) is 10.6. The molecule has 2 unspecified atom stereocenters. The third-order valence-corrected chi connectivity index (χ3v) is 3.82. The molecule has 18 heavy (non-hydrogen) atoms. The van der Waals surface area contributed by atoms with Gasteiger partial charge in [0.25, 0.3) is 0 Å². The molecule has 0 saturated heterocycles. The summed E-state index contributed by atoms with van der Waals surface area (Å²) in [4.78, 5) is 1.02. The van der Waals surface area contributed by atoms with Crippen molar-refractivity contribution in [1.82, 2.24) is 24.8 Å². The molecule has 7 heteroatoms. The number of hydrogen-bond acceptors (Lipinski definition) is 6. The van der Waals surface area contributed by atoms with E-state index >= 15 is 0 Å². The van der Waals surface area contributed by atoms with Crippen molar-refractivity contribution in [3.63, 3.8) is 0 Å². The van der Waals surface area contributed by atoms with Gasteiger partial charge in [0.2, 0.25) is 0 Å². The maximum atomic E-state index is 5.57. The summed E-state index contributed by atoms with van der Waals surface area (Å²) < 4.78 is 5.84. The first kappa shape index (κ1) is 13.1. The molecule has 2 aromatic heterocycles. The van der Waals surface area contributed by atoms with Crippen LogP contribution in [0.4, 0.5) is 0 Å². The number of hydrogen-bond donors (Lipinski definition) is 2. The van der Waals surface area contributed by atoms with Crippen LogP contribution in [0.3, 0.4) is 0 Å². The fourth-order valence-electron chi connectivity index (χ4n) is 1.70. The van der Waals surface area contributed by atoms with Gasteiger partial charge in [-0.3, -0.25) is 16.0 Å². The maximum Gasteiger partial charge on any atom is 0.0670 e. The molecular formula is C11H18N6S. The second-order valence-corrected chi connectivity index (χ2v) is 5.10. The average molecular weight is 266 g/mol. The highest BCUT2D eigenvalue weighted by Gasteiger charge is 2.15. The molecule has 0 aliphatic rings. The van der Waals surface area contributed by atoms with Crippen LogP contribution in [0.25, 0.3) is 0 Å². The van der Waals surface area contributed by atoms with E-state index in [1.165, 1.54) is 11.5 Å². The molecule has 2 heterocycles. The predicted octanol–water partition coefficient (Wildman–Crippen LogP) is 1.45. The van der Waals surface area contributed by atoms with Crippen LogP contribution in [0.15, 0.2) is 18.5 Å². The van der Waals surface area contributed by atoms with Gasteiger partial charge in [-0.25, -0.2) is 0 Å². The zero-order valence-corrected chi connectivity index (χ0v) is 11.4. The predicted molar refractivity (Wildman–Crippen MR) is 70.9 cm³/mol. The Hall–Kier alpha value is -1.31. The summed E-state index contributed by atoms with van der Waals surface area (Å²) >= 11 is 1.35. The molecule has 2 atom stereocenters. The van der Waals surface area contributed by atoms with E-state index in [-0.39, 0.29) is 6.04 Å². The fraction of sp³-hybridized carbons (Fsp3) is 0.545. The first-order valence-corrected chi connectivity index (χ1v) is 6.79. The molecular weight excluding hydrogens is 248 g/mol. The number of rotatable bonds is 6. The minimum absolute atomic E-state index is 0.0188. The van der Waals surface area contributed by atoms with E-state index in [0.717, 1.165) is 23.4 Å². The molecule has 0 aliphatic carbocycles. The van der Waals surface area contributed by atoms with Gasteiger partial charge in [0.1, 0.15) is 0 Å². The molecule has 0 bridgehead atoms. The minimum atomic E-state index is 0.0188. The SMILES string of the molecule is CCC(C)n1ccc(CC(NN)c2cnns2)n1. The Bertz CT molecular complexity index is 466. The number of nitrogens with one attached hydrogen (secondary N) is 1. The lowest BCUT2D eigenvalue weighted by Gasteiger charge is -2.12. The first-order chi connectivity index (χ1) is 8.74. The summed E-state index contributed by atoms with van der Waals surface area (Å²) in [7, 11) is 0. The second kappa shape index (κ2) is 6.03. The van der Waals surface area contributed by atoms with E-state index in [1.807, 2.05) is 16.9 Å². The van der Waals surface area contributed by atoms with Crippen molar-refractivity contribution in [3.8, 4) is 0 Å². The van der Waals surface area contributed by atoms with Gasteiger partial charge in [0.15, 0.2) is 0 Å². The smallest absolute Gasteiger partial charge is 0.0670 e. The Morgan fingerprint density at radius 2 is 2.39 bits per heavy atom. The van der Waals surface area contributed by atoms with E-state index < -0.39 is 0 Å². The molecule has 0 aromatic carbocycles. The number of aromatic nitrogens is 4. The van der Waals surface area contributed by atoms with Gasteiger partial charge >= 0.3 is 0 Å². The van der Waals surface area contributed by atoms with E-state index in [1.54, 1.807) is 6.20 Å². The van der Waals surface area contributed by atoms with Crippen LogP contribution in [-0.4, -0.2) is 19.4 Å². The molecule has 0 saturated carbocycles. The van der Waals surface area contributed by atoms with Crippen molar-refractivity contribution in [3.05, 3.63) is 29.0 Å². The van der Waals surface area contributed by atoms with Crippen molar-refractivity contribution in [1.29, 1.82) is 0 Å². The first-order valence-electron chi connectivity index (χ1n) is 6.02. The van der Waals surface area contributed by atoms with Gasteiger partial charge < -0.3 is 0 Å². The maximum absolute atomic E-state index is 5.57. The van der Waals surface area contributed by atoms with Crippen LogP contribution >= 0.6 is 11.5 Å². The quantitative estimate of drug-likeness (QED) is 0.611. The lowest BCUT2D eigenvalue weighted by atomic mass is 10.1. The van der Waals surface area contributed by atoms with Gasteiger partial charge in [0.05, 0.1) is 22.8 Å². The summed E-state index contributed by atoms with van der Waals surface area (Å²) in [5, 5.41) is 8.39. The molecule has 6 nitrogen and oxygen atoms in total. The third-order valence-electron chi connectivity index (χ3n) is 3.04. The molecule has 0 spiro atoms. The Balaban J connectivity index is 2.06.